The molecule has 2 aliphatic rings. The molecule has 6 nitrogen and oxygen atoms in total. The zero-order chi connectivity index (χ0) is 19.3. The molecular formula is C22H28ClN3O3. The summed E-state index contributed by atoms with van der Waals surface area (Å²) in [6.07, 6.45) is 4.69. The van der Waals surface area contributed by atoms with E-state index in [9.17, 15) is 10.1 Å². The number of aryl methyl sites for hydroxylation is 2. The van der Waals surface area contributed by atoms with Crippen LogP contribution in [-0.2, 0) is 12.8 Å². The van der Waals surface area contributed by atoms with E-state index in [2.05, 4.69) is 28.0 Å². The number of anilines is 1. The van der Waals surface area contributed by atoms with Gasteiger partial charge in [-0.1, -0.05) is 6.07 Å². The van der Waals surface area contributed by atoms with Gasteiger partial charge in [0.05, 0.1) is 11.5 Å². The zero-order valence-electron chi connectivity index (χ0n) is 16.6. The second-order valence-corrected chi connectivity index (χ2v) is 7.59. The molecule has 0 radical (unpaired) electrons. The van der Waals surface area contributed by atoms with Crippen molar-refractivity contribution in [3.8, 4) is 5.75 Å². The van der Waals surface area contributed by atoms with Crippen molar-refractivity contribution in [2.45, 2.75) is 25.7 Å². The van der Waals surface area contributed by atoms with Crippen molar-refractivity contribution in [1.29, 1.82) is 0 Å². The molecule has 1 saturated heterocycles. The van der Waals surface area contributed by atoms with E-state index in [-0.39, 0.29) is 23.0 Å². The second kappa shape index (κ2) is 9.94. The van der Waals surface area contributed by atoms with Crippen LogP contribution in [0.5, 0.6) is 5.75 Å². The minimum Gasteiger partial charge on any atom is -0.494 e. The number of halogens is 1. The first-order valence-corrected chi connectivity index (χ1v) is 10.2. The maximum Gasteiger partial charge on any atom is 0.269 e. The van der Waals surface area contributed by atoms with Crippen LogP contribution >= 0.6 is 12.4 Å². The average molecular weight is 418 g/mol. The molecule has 2 aromatic carbocycles. The van der Waals surface area contributed by atoms with Crippen LogP contribution in [0.15, 0.2) is 42.5 Å². The molecule has 29 heavy (non-hydrogen) atoms. The van der Waals surface area contributed by atoms with Crippen LogP contribution in [0.2, 0.25) is 0 Å². The molecule has 0 aromatic heterocycles. The summed E-state index contributed by atoms with van der Waals surface area (Å²) in [7, 11) is 0. The van der Waals surface area contributed by atoms with Gasteiger partial charge in [0.25, 0.3) is 5.69 Å². The Morgan fingerprint density at radius 2 is 1.69 bits per heavy atom. The average Bonchev–Trinajstić information content (AvgIpc) is 3.20. The lowest BCUT2D eigenvalue weighted by atomic mass is 10.1. The lowest BCUT2D eigenvalue weighted by molar-refractivity contribution is -0.384. The van der Waals surface area contributed by atoms with E-state index in [0.29, 0.717) is 0 Å². The molecular weight excluding hydrogens is 390 g/mol. The summed E-state index contributed by atoms with van der Waals surface area (Å²) in [6, 6.07) is 13.4. The summed E-state index contributed by atoms with van der Waals surface area (Å²) in [5.74, 6) is 1.00. The number of nitro benzene ring substituents is 1. The predicted molar refractivity (Wildman–Crippen MR) is 118 cm³/mol. The monoisotopic (exact) mass is 417 g/mol. The van der Waals surface area contributed by atoms with Crippen molar-refractivity contribution < 1.29 is 9.66 Å². The smallest absolute Gasteiger partial charge is 0.269 e. The van der Waals surface area contributed by atoms with Crippen molar-refractivity contribution in [1.82, 2.24) is 4.90 Å². The Balaban J connectivity index is 0.00000240. The molecule has 4 rings (SSSR count). The summed E-state index contributed by atoms with van der Waals surface area (Å²) in [5.41, 5.74) is 4.15. The number of nitro groups is 1. The van der Waals surface area contributed by atoms with Crippen molar-refractivity contribution in [3.63, 3.8) is 0 Å². The molecule has 0 unspecified atom stereocenters. The molecule has 1 heterocycles. The van der Waals surface area contributed by atoms with Gasteiger partial charge in [0.2, 0.25) is 0 Å². The number of non-ortho nitro benzene ring substituents is 1. The van der Waals surface area contributed by atoms with Crippen LogP contribution in [0, 0.1) is 10.1 Å². The Morgan fingerprint density at radius 1 is 0.966 bits per heavy atom. The van der Waals surface area contributed by atoms with E-state index in [1.54, 1.807) is 12.1 Å². The number of fused-ring (bicyclic) bond motifs is 1. The van der Waals surface area contributed by atoms with Gasteiger partial charge in [-0.15, -0.1) is 12.4 Å². The normalized spacial score (nSPS) is 16.2. The first kappa shape index (κ1) is 21.4. The van der Waals surface area contributed by atoms with Crippen molar-refractivity contribution in [2.75, 3.05) is 44.2 Å². The van der Waals surface area contributed by atoms with E-state index in [0.717, 1.165) is 57.2 Å². The summed E-state index contributed by atoms with van der Waals surface area (Å²) in [5, 5.41) is 10.8. The van der Waals surface area contributed by atoms with Gasteiger partial charge >= 0.3 is 0 Å². The molecule has 7 heteroatoms. The molecule has 2 aromatic rings. The number of hydrogen-bond donors (Lipinski definition) is 0. The summed E-state index contributed by atoms with van der Waals surface area (Å²) in [4.78, 5) is 15.2. The van der Waals surface area contributed by atoms with Gasteiger partial charge in [0.1, 0.15) is 5.75 Å². The molecule has 0 bridgehead atoms. The van der Waals surface area contributed by atoms with Gasteiger partial charge in [-0.3, -0.25) is 15.0 Å². The Bertz CT molecular complexity index is 821. The van der Waals surface area contributed by atoms with Gasteiger partial charge < -0.3 is 9.64 Å². The Morgan fingerprint density at radius 3 is 2.41 bits per heavy atom. The lowest BCUT2D eigenvalue weighted by Gasteiger charge is -2.36. The van der Waals surface area contributed by atoms with Gasteiger partial charge in [0, 0.05) is 50.5 Å². The molecule has 156 valence electrons. The highest BCUT2D eigenvalue weighted by Crippen LogP contribution is 2.26. The van der Waals surface area contributed by atoms with Crippen LogP contribution in [0.25, 0.3) is 0 Å². The summed E-state index contributed by atoms with van der Waals surface area (Å²) in [6.45, 7) is 5.71. The lowest BCUT2D eigenvalue weighted by Crippen LogP contribution is -2.46. The van der Waals surface area contributed by atoms with Crippen molar-refractivity contribution in [2.24, 2.45) is 0 Å². The Labute approximate surface area is 178 Å². The predicted octanol–water partition coefficient (Wildman–Crippen LogP) is 4.10. The number of piperazine rings is 1. The molecule has 1 fully saturated rings. The van der Waals surface area contributed by atoms with E-state index in [1.165, 1.54) is 30.4 Å². The molecule has 0 spiro atoms. The number of benzene rings is 2. The standard InChI is InChI=1S/C22H27N3O3.ClH/c26-25(27)21-8-6-20(7-9-21)24-14-12-23(13-15-24)11-2-16-28-22-10-5-18-3-1-4-19(18)17-22;/h5-10,17H,1-4,11-16H2;1H. The maximum atomic E-state index is 10.8. The largest absolute Gasteiger partial charge is 0.494 e. The second-order valence-electron chi connectivity index (χ2n) is 7.59. The number of nitrogens with zero attached hydrogens (tertiary/aromatic N) is 3. The molecule has 0 N–H and O–H groups in total. The van der Waals surface area contributed by atoms with Gasteiger partial charge in [-0.05, 0) is 61.1 Å². The first-order chi connectivity index (χ1) is 13.7. The summed E-state index contributed by atoms with van der Waals surface area (Å²) >= 11 is 0. The Hall–Kier alpha value is -2.31. The SMILES string of the molecule is Cl.O=[N+]([O-])c1ccc(N2CCN(CCCOc3ccc4c(c3)CCC4)CC2)cc1. The third-order valence-electron chi connectivity index (χ3n) is 5.76. The molecule has 0 atom stereocenters. The van der Waals surface area contributed by atoms with Gasteiger partial charge in [-0.2, -0.15) is 0 Å². The van der Waals surface area contributed by atoms with Crippen molar-refractivity contribution in [3.05, 3.63) is 63.7 Å². The zero-order valence-corrected chi connectivity index (χ0v) is 17.4. The minimum absolute atomic E-state index is 0. The fourth-order valence-electron chi connectivity index (χ4n) is 4.13. The number of rotatable bonds is 7. The topological polar surface area (TPSA) is 58.9 Å². The third kappa shape index (κ3) is 5.40. The number of ether oxygens (including phenoxy) is 1. The van der Waals surface area contributed by atoms with Gasteiger partial charge in [0.15, 0.2) is 0 Å². The summed E-state index contributed by atoms with van der Waals surface area (Å²) < 4.78 is 5.95. The van der Waals surface area contributed by atoms with Gasteiger partial charge in [-0.25, -0.2) is 0 Å². The minimum atomic E-state index is -0.355. The fourth-order valence-corrected chi connectivity index (χ4v) is 4.13. The van der Waals surface area contributed by atoms with Crippen molar-refractivity contribution >= 4 is 23.8 Å². The van der Waals surface area contributed by atoms with E-state index in [4.69, 9.17) is 4.74 Å². The molecule has 1 aliphatic heterocycles. The Kier molecular flexibility index (Phi) is 7.34. The highest BCUT2D eigenvalue weighted by molar-refractivity contribution is 5.85. The van der Waals surface area contributed by atoms with E-state index >= 15 is 0 Å². The molecule has 0 amide bonds. The van der Waals surface area contributed by atoms with E-state index in [1.807, 2.05) is 12.1 Å². The van der Waals surface area contributed by atoms with Crippen LogP contribution in [-0.4, -0.2) is 49.2 Å². The van der Waals surface area contributed by atoms with Crippen LogP contribution in [0.3, 0.4) is 0 Å². The quantitative estimate of drug-likeness (QED) is 0.385. The van der Waals surface area contributed by atoms with Crippen LogP contribution in [0.4, 0.5) is 11.4 Å². The van der Waals surface area contributed by atoms with E-state index < -0.39 is 0 Å². The molecule has 1 aliphatic carbocycles. The molecule has 0 saturated carbocycles. The third-order valence-corrected chi connectivity index (χ3v) is 5.76. The van der Waals surface area contributed by atoms with Crippen LogP contribution < -0.4 is 9.64 Å². The number of hydrogen-bond acceptors (Lipinski definition) is 5. The highest BCUT2D eigenvalue weighted by Gasteiger charge is 2.18. The van der Waals surface area contributed by atoms with Crippen LogP contribution in [0.1, 0.15) is 24.0 Å². The highest BCUT2D eigenvalue weighted by atomic mass is 35.5. The maximum absolute atomic E-state index is 10.8. The fraction of sp³-hybridized carbons (Fsp3) is 0.455. The first-order valence-electron chi connectivity index (χ1n) is 10.2.